The Morgan fingerprint density at radius 1 is 0.821 bits per heavy atom. The summed E-state index contributed by atoms with van der Waals surface area (Å²) in [5.41, 5.74) is 3.29. The van der Waals surface area contributed by atoms with Crippen LogP contribution in [-0.4, -0.2) is 25.0 Å². The van der Waals surface area contributed by atoms with Crippen molar-refractivity contribution in [2.24, 2.45) is 0 Å². The van der Waals surface area contributed by atoms with Gasteiger partial charge in [-0.1, -0.05) is 78.9 Å². The Hall–Kier alpha value is -3.07. The van der Waals surface area contributed by atoms with Crippen LogP contribution in [0, 0.1) is 0 Å². The zero-order valence-electron chi connectivity index (χ0n) is 16.0. The summed E-state index contributed by atoms with van der Waals surface area (Å²) in [6, 6.07) is 30.7. The zero-order valence-corrected chi connectivity index (χ0v) is 16.0. The van der Waals surface area contributed by atoms with Crippen LogP contribution in [0.5, 0.6) is 0 Å². The van der Waals surface area contributed by atoms with Crippen molar-refractivity contribution in [2.75, 3.05) is 18.0 Å². The van der Waals surface area contributed by atoms with Crippen molar-refractivity contribution in [2.45, 2.75) is 24.8 Å². The Morgan fingerprint density at radius 2 is 1.36 bits per heavy atom. The van der Waals surface area contributed by atoms with Gasteiger partial charge in [0.2, 0.25) is 5.91 Å². The second kappa shape index (κ2) is 8.75. The van der Waals surface area contributed by atoms with E-state index < -0.39 is 0 Å². The first-order valence-electron chi connectivity index (χ1n) is 10.0. The molecule has 3 nitrogen and oxygen atoms in total. The van der Waals surface area contributed by atoms with E-state index in [1.54, 1.807) is 0 Å². The third-order valence-electron chi connectivity index (χ3n) is 5.42. The molecule has 0 aromatic heterocycles. The number of hydrogen-bond acceptors (Lipinski definition) is 2. The third-order valence-corrected chi connectivity index (χ3v) is 5.42. The molecule has 0 aliphatic carbocycles. The monoisotopic (exact) mass is 370 g/mol. The van der Waals surface area contributed by atoms with Crippen LogP contribution in [0.2, 0.25) is 0 Å². The summed E-state index contributed by atoms with van der Waals surface area (Å²) in [7, 11) is 0. The number of piperidine rings is 1. The van der Waals surface area contributed by atoms with Gasteiger partial charge in [0.1, 0.15) is 0 Å². The fourth-order valence-electron chi connectivity index (χ4n) is 4.04. The number of anilines is 1. The highest BCUT2D eigenvalue weighted by Crippen LogP contribution is 2.26. The van der Waals surface area contributed by atoms with Crippen LogP contribution in [0.15, 0.2) is 91.0 Å². The number of para-hydroxylation sites is 1. The summed E-state index contributed by atoms with van der Waals surface area (Å²) in [5, 5.41) is 3.34. The lowest BCUT2D eigenvalue weighted by molar-refractivity contribution is -0.122. The van der Waals surface area contributed by atoms with Crippen molar-refractivity contribution in [3.05, 3.63) is 102 Å². The maximum Gasteiger partial charge on any atom is 0.232 e. The summed E-state index contributed by atoms with van der Waals surface area (Å²) < 4.78 is 0. The molecule has 0 spiro atoms. The minimum Gasteiger partial charge on any atom is -0.369 e. The third kappa shape index (κ3) is 4.25. The largest absolute Gasteiger partial charge is 0.369 e. The van der Waals surface area contributed by atoms with Gasteiger partial charge >= 0.3 is 0 Å². The molecule has 1 N–H and O–H groups in total. The molecule has 4 rings (SSSR count). The maximum atomic E-state index is 13.3. The minimum absolute atomic E-state index is 0.0808. The average molecular weight is 370 g/mol. The molecule has 3 aromatic carbocycles. The molecular formula is C25H26N2O. The number of nitrogens with zero attached hydrogens (tertiary/aromatic N) is 1. The van der Waals surface area contributed by atoms with Crippen molar-refractivity contribution in [3.63, 3.8) is 0 Å². The summed E-state index contributed by atoms with van der Waals surface area (Å²) in [6.45, 7) is 1.89. The van der Waals surface area contributed by atoms with Crippen LogP contribution in [0.3, 0.4) is 0 Å². The van der Waals surface area contributed by atoms with Crippen LogP contribution in [0.25, 0.3) is 0 Å². The summed E-state index contributed by atoms with van der Waals surface area (Å²) in [6.07, 6.45) is 2.10. The highest BCUT2D eigenvalue weighted by molar-refractivity contribution is 5.87. The minimum atomic E-state index is -0.283. The molecule has 142 valence electrons. The van der Waals surface area contributed by atoms with Gasteiger partial charge in [0.25, 0.3) is 0 Å². The van der Waals surface area contributed by atoms with Gasteiger partial charge in [-0.2, -0.15) is 0 Å². The Morgan fingerprint density at radius 3 is 1.93 bits per heavy atom. The molecule has 1 unspecified atom stereocenters. The molecule has 1 fully saturated rings. The van der Waals surface area contributed by atoms with E-state index >= 15 is 0 Å². The maximum absolute atomic E-state index is 13.3. The normalized spacial score (nSPS) is 16.8. The summed E-state index contributed by atoms with van der Waals surface area (Å²) in [5.74, 6) is -0.202. The van der Waals surface area contributed by atoms with Gasteiger partial charge in [0, 0.05) is 24.8 Å². The Kier molecular flexibility index (Phi) is 5.72. The number of hydrogen-bond donors (Lipinski definition) is 1. The van der Waals surface area contributed by atoms with Gasteiger partial charge in [-0.25, -0.2) is 0 Å². The molecule has 1 atom stereocenters. The van der Waals surface area contributed by atoms with Crippen molar-refractivity contribution in [1.82, 2.24) is 5.32 Å². The fourth-order valence-corrected chi connectivity index (χ4v) is 4.04. The van der Waals surface area contributed by atoms with Crippen LogP contribution >= 0.6 is 0 Å². The van der Waals surface area contributed by atoms with Crippen LogP contribution in [0.1, 0.15) is 29.9 Å². The van der Waals surface area contributed by atoms with Crippen LogP contribution in [-0.2, 0) is 4.79 Å². The van der Waals surface area contributed by atoms with E-state index in [4.69, 9.17) is 0 Å². The predicted octanol–water partition coefficient (Wildman–Crippen LogP) is 4.60. The average Bonchev–Trinajstić information content (AvgIpc) is 2.76. The Balaban J connectivity index is 1.51. The first kappa shape index (κ1) is 18.3. The molecule has 3 aromatic rings. The van der Waals surface area contributed by atoms with E-state index in [0.29, 0.717) is 0 Å². The Labute approximate surface area is 167 Å². The first-order chi connectivity index (χ1) is 13.8. The molecule has 1 amide bonds. The van der Waals surface area contributed by atoms with E-state index in [1.165, 1.54) is 5.69 Å². The summed E-state index contributed by atoms with van der Waals surface area (Å²) >= 11 is 0. The molecule has 0 radical (unpaired) electrons. The van der Waals surface area contributed by atoms with Gasteiger partial charge in [-0.05, 0) is 36.1 Å². The number of carbonyl (C=O) groups is 1. The fraction of sp³-hybridized carbons (Fsp3) is 0.240. The highest BCUT2D eigenvalue weighted by atomic mass is 16.2. The van der Waals surface area contributed by atoms with Gasteiger partial charge in [-0.15, -0.1) is 0 Å². The molecular weight excluding hydrogens is 344 g/mol. The second-order valence-electron chi connectivity index (χ2n) is 7.38. The van der Waals surface area contributed by atoms with E-state index in [-0.39, 0.29) is 17.9 Å². The molecule has 3 heteroatoms. The van der Waals surface area contributed by atoms with Crippen molar-refractivity contribution in [1.29, 1.82) is 0 Å². The van der Waals surface area contributed by atoms with Crippen molar-refractivity contribution >= 4 is 11.6 Å². The number of rotatable bonds is 5. The van der Waals surface area contributed by atoms with E-state index in [2.05, 4.69) is 34.5 Å². The predicted molar refractivity (Wildman–Crippen MR) is 115 cm³/mol. The zero-order chi connectivity index (χ0) is 19.2. The van der Waals surface area contributed by atoms with E-state index in [0.717, 1.165) is 37.1 Å². The number of amides is 1. The van der Waals surface area contributed by atoms with E-state index in [9.17, 15) is 4.79 Å². The van der Waals surface area contributed by atoms with Crippen molar-refractivity contribution < 1.29 is 4.79 Å². The first-order valence-corrected chi connectivity index (χ1v) is 10.0. The number of carbonyl (C=O) groups excluding carboxylic acids is 1. The molecule has 0 saturated carbocycles. The molecule has 1 heterocycles. The molecule has 0 bridgehead atoms. The SMILES string of the molecule is O=C(NC1CCCN(c2ccccc2)C1)C(c1ccccc1)c1ccccc1. The number of nitrogens with one attached hydrogen (secondary N) is 1. The quantitative estimate of drug-likeness (QED) is 0.712. The van der Waals surface area contributed by atoms with Crippen LogP contribution in [0.4, 0.5) is 5.69 Å². The molecule has 1 aliphatic heterocycles. The lowest BCUT2D eigenvalue weighted by Gasteiger charge is -2.35. The topological polar surface area (TPSA) is 32.3 Å². The van der Waals surface area contributed by atoms with E-state index in [1.807, 2.05) is 66.7 Å². The van der Waals surface area contributed by atoms with Gasteiger partial charge in [0.05, 0.1) is 5.92 Å². The van der Waals surface area contributed by atoms with Gasteiger partial charge in [0.15, 0.2) is 0 Å². The molecule has 1 saturated heterocycles. The van der Waals surface area contributed by atoms with Gasteiger partial charge < -0.3 is 10.2 Å². The van der Waals surface area contributed by atoms with Crippen molar-refractivity contribution in [3.8, 4) is 0 Å². The molecule has 1 aliphatic rings. The standard InChI is InChI=1S/C25H26N2O/c28-25(24(20-11-4-1-5-12-20)21-13-6-2-7-14-21)26-22-15-10-18-27(19-22)23-16-8-3-9-17-23/h1-9,11-14,16-17,22,24H,10,15,18-19H2,(H,26,28). The Bertz CT molecular complexity index is 841. The highest BCUT2D eigenvalue weighted by Gasteiger charge is 2.27. The second-order valence-corrected chi connectivity index (χ2v) is 7.38. The molecule has 28 heavy (non-hydrogen) atoms. The number of benzene rings is 3. The van der Waals surface area contributed by atoms with Crippen LogP contribution < -0.4 is 10.2 Å². The lowest BCUT2D eigenvalue weighted by Crippen LogP contribution is -2.49. The lowest BCUT2D eigenvalue weighted by atomic mass is 9.90. The summed E-state index contributed by atoms with van der Waals surface area (Å²) in [4.78, 5) is 15.7. The smallest absolute Gasteiger partial charge is 0.232 e. The van der Waals surface area contributed by atoms with Gasteiger partial charge in [-0.3, -0.25) is 4.79 Å².